The van der Waals surface area contributed by atoms with Crippen LogP contribution in [0.5, 0.6) is 0 Å². The number of allylic oxidation sites excluding steroid dienone is 6. The van der Waals surface area contributed by atoms with Gasteiger partial charge in [-0.3, -0.25) is 0 Å². The number of fused-ring (bicyclic) bond motifs is 2. The van der Waals surface area contributed by atoms with Crippen molar-refractivity contribution in [2.75, 3.05) is 11.4 Å². The second kappa shape index (κ2) is 11.9. The number of benzene rings is 2. The Balaban J connectivity index is 1.67. The molecule has 0 amide bonds. The highest BCUT2D eigenvalue weighted by atomic mass is 15.2. The molecule has 198 valence electrons. The third-order valence-electron chi connectivity index (χ3n) is 8.76. The predicted octanol–water partition coefficient (Wildman–Crippen LogP) is 10.5. The fourth-order valence-electron chi connectivity index (χ4n) is 6.58. The number of rotatable bonds is 12. The number of unbranched alkanes of at least 4 members (excludes halogenated alkanes) is 6. The lowest BCUT2D eigenvalue weighted by molar-refractivity contribution is 0.612. The Labute approximate surface area is 227 Å². The minimum atomic E-state index is 0.0111. The molecule has 4 rings (SSSR count). The van der Waals surface area contributed by atoms with E-state index in [0.29, 0.717) is 0 Å². The van der Waals surface area contributed by atoms with Gasteiger partial charge >= 0.3 is 0 Å². The summed E-state index contributed by atoms with van der Waals surface area (Å²) < 4.78 is 0. The molecule has 37 heavy (non-hydrogen) atoms. The lowest BCUT2D eigenvalue weighted by Crippen LogP contribution is -2.27. The van der Waals surface area contributed by atoms with Crippen molar-refractivity contribution >= 4 is 11.3 Å². The van der Waals surface area contributed by atoms with Crippen LogP contribution in [-0.2, 0) is 10.8 Å². The van der Waals surface area contributed by atoms with Gasteiger partial charge < -0.3 is 4.90 Å². The lowest BCUT2D eigenvalue weighted by atomic mass is 9.80. The Morgan fingerprint density at radius 3 is 2.08 bits per heavy atom. The van der Waals surface area contributed by atoms with Crippen LogP contribution in [0, 0.1) is 0 Å². The molecular weight excluding hydrogens is 446 g/mol. The van der Waals surface area contributed by atoms with Gasteiger partial charge in [0.05, 0.1) is 0 Å². The van der Waals surface area contributed by atoms with Crippen molar-refractivity contribution in [1.29, 1.82) is 0 Å². The minimum absolute atomic E-state index is 0.0111. The van der Waals surface area contributed by atoms with Crippen molar-refractivity contribution in [3.05, 3.63) is 94.7 Å². The van der Waals surface area contributed by atoms with Crippen molar-refractivity contribution in [1.82, 2.24) is 0 Å². The maximum Gasteiger partial charge on any atom is 0.0450 e. The molecule has 1 nitrogen and oxygen atoms in total. The lowest BCUT2D eigenvalue weighted by Gasteiger charge is -2.27. The first-order chi connectivity index (χ1) is 17.8. The molecule has 0 bridgehead atoms. The maximum atomic E-state index is 2.60. The van der Waals surface area contributed by atoms with Gasteiger partial charge in [0, 0.05) is 28.8 Å². The van der Waals surface area contributed by atoms with Gasteiger partial charge in [0.1, 0.15) is 0 Å². The number of para-hydroxylation sites is 1. The zero-order chi connectivity index (χ0) is 26.5. The van der Waals surface area contributed by atoms with E-state index in [1.807, 2.05) is 0 Å². The molecule has 2 aliphatic rings. The van der Waals surface area contributed by atoms with Crippen LogP contribution >= 0.6 is 0 Å². The zero-order valence-corrected chi connectivity index (χ0v) is 24.4. The molecule has 0 N–H and O–H groups in total. The maximum absolute atomic E-state index is 2.60. The van der Waals surface area contributed by atoms with E-state index in [1.165, 1.54) is 91.4 Å². The van der Waals surface area contributed by atoms with Crippen LogP contribution in [0.4, 0.5) is 5.69 Å². The summed E-state index contributed by atoms with van der Waals surface area (Å²) in [6, 6.07) is 18.1. The largest absolute Gasteiger partial charge is 0.344 e. The predicted molar refractivity (Wildman–Crippen MR) is 163 cm³/mol. The highest BCUT2D eigenvalue weighted by Gasteiger charge is 2.39. The first-order valence-corrected chi connectivity index (χ1v) is 14.9. The van der Waals surface area contributed by atoms with Gasteiger partial charge in [0.15, 0.2) is 0 Å². The van der Waals surface area contributed by atoms with Crippen molar-refractivity contribution in [3.63, 3.8) is 0 Å². The van der Waals surface area contributed by atoms with E-state index in [4.69, 9.17) is 0 Å². The SMILES string of the molecule is CCCCCCC1=C(/C=C/C=C2\N(CCCCCC)c3ccccc3C2(C)C)C(C)(C)c2ccccc21. The monoisotopic (exact) mass is 495 g/mol. The van der Waals surface area contributed by atoms with E-state index in [1.54, 1.807) is 5.57 Å². The quantitative estimate of drug-likeness (QED) is 0.265. The Morgan fingerprint density at radius 2 is 1.35 bits per heavy atom. The first kappa shape index (κ1) is 27.5. The van der Waals surface area contributed by atoms with Gasteiger partial charge in [-0.05, 0) is 59.2 Å². The molecule has 1 heterocycles. The van der Waals surface area contributed by atoms with Gasteiger partial charge in [-0.2, -0.15) is 0 Å². The Hall–Kier alpha value is -2.54. The van der Waals surface area contributed by atoms with E-state index in [2.05, 4.69) is 113 Å². The number of nitrogens with zero attached hydrogens (tertiary/aromatic N) is 1. The summed E-state index contributed by atoms with van der Waals surface area (Å²) in [7, 11) is 0. The normalized spacial score (nSPS) is 18.8. The topological polar surface area (TPSA) is 3.24 Å². The molecule has 0 fully saturated rings. The molecule has 0 radical (unpaired) electrons. The highest BCUT2D eigenvalue weighted by molar-refractivity contribution is 5.82. The second-order valence-corrected chi connectivity index (χ2v) is 12.1. The van der Waals surface area contributed by atoms with Crippen LogP contribution in [0.25, 0.3) is 5.57 Å². The van der Waals surface area contributed by atoms with Crippen molar-refractivity contribution in [2.45, 2.75) is 110 Å². The van der Waals surface area contributed by atoms with Gasteiger partial charge in [-0.25, -0.2) is 0 Å². The summed E-state index contributed by atoms with van der Waals surface area (Å²) in [5.41, 5.74) is 10.4. The van der Waals surface area contributed by atoms with E-state index < -0.39 is 0 Å². The van der Waals surface area contributed by atoms with Crippen LogP contribution in [0.1, 0.15) is 116 Å². The van der Waals surface area contributed by atoms with Gasteiger partial charge in [-0.1, -0.05) is 135 Å². The standard InChI is InChI=1S/C36H49N/c1-7-9-11-13-20-28-29-21-14-15-22-30(29)35(3,4)31(28)24-19-26-34-36(5,6)32-23-16-17-25-33(32)37(34)27-18-12-10-8-2/h14-17,19,21-26H,7-13,18,20,27H2,1-6H3/b24-19+,34-26-. The molecule has 0 aromatic heterocycles. The van der Waals surface area contributed by atoms with Crippen molar-refractivity contribution in [2.24, 2.45) is 0 Å². The van der Waals surface area contributed by atoms with Gasteiger partial charge in [0.2, 0.25) is 0 Å². The summed E-state index contributed by atoms with van der Waals surface area (Å²) in [6.07, 6.45) is 18.8. The van der Waals surface area contributed by atoms with E-state index >= 15 is 0 Å². The molecule has 1 heteroatoms. The van der Waals surface area contributed by atoms with Crippen molar-refractivity contribution < 1.29 is 0 Å². The average Bonchev–Trinajstić information content (AvgIpc) is 3.24. The molecule has 1 aliphatic carbocycles. The number of hydrogen-bond acceptors (Lipinski definition) is 1. The molecule has 2 aromatic rings. The van der Waals surface area contributed by atoms with E-state index in [-0.39, 0.29) is 10.8 Å². The van der Waals surface area contributed by atoms with Crippen LogP contribution < -0.4 is 4.90 Å². The smallest absolute Gasteiger partial charge is 0.0450 e. The summed E-state index contributed by atoms with van der Waals surface area (Å²) in [5.74, 6) is 0. The fraction of sp³-hybridized carbons (Fsp3) is 0.500. The molecule has 0 saturated heterocycles. The van der Waals surface area contributed by atoms with Crippen LogP contribution in [0.2, 0.25) is 0 Å². The molecule has 0 unspecified atom stereocenters. The summed E-state index contributed by atoms with van der Waals surface area (Å²) in [4.78, 5) is 2.60. The van der Waals surface area contributed by atoms with Gasteiger partial charge in [0.25, 0.3) is 0 Å². The number of hydrogen-bond donors (Lipinski definition) is 0. The highest BCUT2D eigenvalue weighted by Crippen LogP contribution is 2.50. The average molecular weight is 496 g/mol. The minimum Gasteiger partial charge on any atom is -0.344 e. The summed E-state index contributed by atoms with van der Waals surface area (Å²) in [6.45, 7) is 15.3. The molecule has 0 atom stereocenters. The van der Waals surface area contributed by atoms with E-state index in [0.717, 1.165) is 6.54 Å². The molecular formula is C36H49N. The molecule has 0 saturated carbocycles. The fourth-order valence-corrected chi connectivity index (χ4v) is 6.58. The Bertz CT molecular complexity index is 1160. The zero-order valence-electron chi connectivity index (χ0n) is 24.4. The van der Waals surface area contributed by atoms with Gasteiger partial charge in [-0.15, -0.1) is 0 Å². The second-order valence-electron chi connectivity index (χ2n) is 12.1. The Kier molecular flexibility index (Phi) is 8.83. The third kappa shape index (κ3) is 5.52. The summed E-state index contributed by atoms with van der Waals surface area (Å²) >= 11 is 0. The molecule has 2 aromatic carbocycles. The van der Waals surface area contributed by atoms with Crippen LogP contribution in [-0.4, -0.2) is 6.54 Å². The number of anilines is 1. The Morgan fingerprint density at radius 1 is 0.703 bits per heavy atom. The third-order valence-corrected chi connectivity index (χ3v) is 8.76. The summed E-state index contributed by atoms with van der Waals surface area (Å²) in [5, 5.41) is 0. The van der Waals surface area contributed by atoms with Crippen molar-refractivity contribution in [3.8, 4) is 0 Å². The van der Waals surface area contributed by atoms with Crippen LogP contribution in [0.15, 0.2) is 78.0 Å². The van der Waals surface area contributed by atoms with Crippen LogP contribution in [0.3, 0.4) is 0 Å². The first-order valence-electron chi connectivity index (χ1n) is 14.9. The molecule has 1 aliphatic heterocycles. The molecule has 0 spiro atoms. The van der Waals surface area contributed by atoms with E-state index in [9.17, 15) is 0 Å².